The molecule has 1 aromatic carbocycles. The van der Waals surface area contributed by atoms with Gasteiger partial charge in [0.2, 0.25) is 15.9 Å². The number of hydrogen-bond donors (Lipinski definition) is 0. The zero-order chi connectivity index (χ0) is 18.3. The van der Waals surface area contributed by atoms with Crippen LogP contribution in [0, 0.1) is 6.92 Å². The van der Waals surface area contributed by atoms with Crippen LogP contribution in [0.2, 0.25) is 0 Å². The Morgan fingerprint density at radius 3 is 2.68 bits per heavy atom. The van der Waals surface area contributed by atoms with Gasteiger partial charge >= 0.3 is 0 Å². The van der Waals surface area contributed by atoms with Gasteiger partial charge in [0.25, 0.3) is 0 Å². The number of nitrogens with zero attached hydrogens (tertiary/aromatic N) is 2. The number of benzene rings is 1. The molecule has 1 fully saturated rings. The number of rotatable bonds is 7. The van der Waals surface area contributed by atoms with E-state index < -0.39 is 10.0 Å². The maximum Gasteiger partial charge on any atom is 0.222 e. The molecule has 0 aromatic heterocycles. The third kappa shape index (κ3) is 6.12. The predicted octanol–water partition coefficient (Wildman–Crippen LogP) is 2.59. The highest BCUT2D eigenvalue weighted by Crippen LogP contribution is 2.13. The summed E-state index contributed by atoms with van der Waals surface area (Å²) in [6, 6.07) is 8.22. The first-order chi connectivity index (χ1) is 11.9. The Bertz CT molecular complexity index is 673. The summed E-state index contributed by atoms with van der Waals surface area (Å²) in [5.41, 5.74) is 2.37. The quantitative estimate of drug-likeness (QED) is 0.745. The van der Waals surface area contributed by atoms with Crippen LogP contribution in [0.5, 0.6) is 0 Å². The van der Waals surface area contributed by atoms with Crippen LogP contribution in [0.3, 0.4) is 0 Å². The molecule has 1 saturated heterocycles. The van der Waals surface area contributed by atoms with Crippen LogP contribution in [0.15, 0.2) is 24.3 Å². The second-order valence-electron chi connectivity index (χ2n) is 6.79. The molecule has 0 aliphatic carbocycles. The Morgan fingerprint density at radius 1 is 1.16 bits per heavy atom. The van der Waals surface area contributed by atoms with Gasteiger partial charge in [0, 0.05) is 32.6 Å². The van der Waals surface area contributed by atoms with Crippen molar-refractivity contribution in [2.24, 2.45) is 0 Å². The molecule has 2 rings (SSSR count). The van der Waals surface area contributed by atoms with Gasteiger partial charge in [0.05, 0.1) is 5.75 Å². The van der Waals surface area contributed by atoms with E-state index in [9.17, 15) is 13.2 Å². The highest BCUT2D eigenvalue weighted by molar-refractivity contribution is 7.89. The number of sulfonamides is 1. The second kappa shape index (κ2) is 9.34. The van der Waals surface area contributed by atoms with Crippen molar-refractivity contribution < 1.29 is 13.2 Å². The van der Waals surface area contributed by atoms with E-state index in [1.165, 1.54) is 11.1 Å². The lowest BCUT2D eigenvalue weighted by Crippen LogP contribution is -2.38. The molecular formula is C19H30N2O3S. The Balaban J connectivity index is 1.86. The van der Waals surface area contributed by atoms with Gasteiger partial charge in [0.15, 0.2) is 0 Å². The number of hydrogen-bond acceptors (Lipinski definition) is 3. The number of aryl methyl sites for hydroxylation is 2. The molecule has 0 unspecified atom stereocenters. The summed E-state index contributed by atoms with van der Waals surface area (Å²) >= 11 is 0. The fourth-order valence-electron chi connectivity index (χ4n) is 3.15. The minimum atomic E-state index is -3.18. The van der Waals surface area contributed by atoms with Crippen LogP contribution < -0.4 is 0 Å². The van der Waals surface area contributed by atoms with Gasteiger partial charge in [-0.2, -0.15) is 0 Å². The molecule has 0 radical (unpaired) electrons. The minimum absolute atomic E-state index is 0.120. The molecular weight excluding hydrogens is 336 g/mol. The van der Waals surface area contributed by atoms with Crippen molar-refractivity contribution in [3.63, 3.8) is 0 Å². The lowest BCUT2D eigenvalue weighted by molar-refractivity contribution is -0.131. The van der Waals surface area contributed by atoms with Gasteiger partial charge in [-0.05, 0) is 31.7 Å². The summed E-state index contributed by atoms with van der Waals surface area (Å²) in [6.07, 6.45) is 3.48. The number of carbonyl (C=O) groups is 1. The van der Waals surface area contributed by atoms with Crippen LogP contribution in [0.25, 0.3) is 0 Å². The lowest BCUT2D eigenvalue weighted by Gasteiger charge is -2.22. The molecule has 1 aromatic rings. The zero-order valence-electron chi connectivity index (χ0n) is 15.4. The van der Waals surface area contributed by atoms with Gasteiger partial charge in [-0.3, -0.25) is 4.79 Å². The Kier molecular flexibility index (Phi) is 7.44. The molecule has 0 N–H and O–H groups in total. The summed E-state index contributed by atoms with van der Waals surface area (Å²) in [5.74, 6) is 0.333. The normalized spacial score (nSPS) is 16.6. The molecule has 0 spiro atoms. The molecule has 1 aliphatic heterocycles. The molecule has 0 atom stereocenters. The first-order valence-electron chi connectivity index (χ1n) is 9.23. The maximum absolute atomic E-state index is 12.5. The van der Waals surface area contributed by atoms with Gasteiger partial charge in [-0.1, -0.05) is 43.2 Å². The van der Waals surface area contributed by atoms with Gasteiger partial charge in [-0.25, -0.2) is 12.7 Å². The summed E-state index contributed by atoms with van der Waals surface area (Å²) in [6.45, 7) is 6.13. The minimum Gasteiger partial charge on any atom is -0.341 e. The van der Waals surface area contributed by atoms with Crippen molar-refractivity contribution in [2.45, 2.75) is 46.0 Å². The number of unbranched alkanes of at least 4 members (excludes halogenated alkanes) is 1. The van der Waals surface area contributed by atoms with Crippen LogP contribution in [-0.4, -0.2) is 55.5 Å². The van der Waals surface area contributed by atoms with E-state index in [2.05, 4.69) is 6.07 Å². The molecule has 0 bridgehead atoms. The lowest BCUT2D eigenvalue weighted by atomic mass is 10.1. The van der Waals surface area contributed by atoms with E-state index in [0.717, 1.165) is 12.8 Å². The van der Waals surface area contributed by atoms with Crippen molar-refractivity contribution in [3.05, 3.63) is 35.4 Å². The number of carbonyl (C=O) groups excluding carboxylic acids is 1. The van der Waals surface area contributed by atoms with Crippen LogP contribution in [0.1, 0.15) is 43.7 Å². The molecule has 0 saturated carbocycles. The van der Waals surface area contributed by atoms with Crippen molar-refractivity contribution in [3.8, 4) is 0 Å². The topological polar surface area (TPSA) is 57.7 Å². The third-order valence-corrected chi connectivity index (χ3v) is 6.62. The van der Waals surface area contributed by atoms with Gasteiger partial charge in [-0.15, -0.1) is 0 Å². The highest BCUT2D eigenvalue weighted by Gasteiger charge is 2.26. The Hall–Kier alpha value is -1.40. The first-order valence-corrected chi connectivity index (χ1v) is 10.8. The van der Waals surface area contributed by atoms with E-state index in [0.29, 0.717) is 45.4 Å². The first kappa shape index (κ1) is 19.9. The van der Waals surface area contributed by atoms with Crippen LogP contribution >= 0.6 is 0 Å². The summed E-state index contributed by atoms with van der Waals surface area (Å²) < 4.78 is 26.2. The largest absolute Gasteiger partial charge is 0.341 e. The average Bonchev–Trinajstić information content (AvgIpc) is 2.85. The van der Waals surface area contributed by atoms with Crippen molar-refractivity contribution >= 4 is 15.9 Å². The van der Waals surface area contributed by atoms with Crippen molar-refractivity contribution in [1.82, 2.24) is 9.21 Å². The van der Waals surface area contributed by atoms with Crippen LogP contribution in [0.4, 0.5) is 0 Å². The summed E-state index contributed by atoms with van der Waals surface area (Å²) in [4.78, 5) is 14.3. The predicted molar refractivity (Wildman–Crippen MR) is 101 cm³/mol. The molecule has 1 amide bonds. The molecule has 1 aliphatic rings. The van der Waals surface area contributed by atoms with Crippen LogP contribution in [-0.2, 0) is 21.2 Å². The van der Waals surface area contributed by atoms with E-state index in [-0.39, 0.29) is 11.7 Å². The smallest absolute Gasteiger partial charge is 0.222 e. The number of amides is 1. The molecule has 5 nitrogen and oxygen atoms in total. The highest BCUT2D eigenvalue weighted by atomic mass is 32.2. The third-order valence-electron chi connectivity index (χ3n) is 4.67. The summed E-state index contributed by atoms with van der Waals surface area (Å²) in [5, 5.41) is 0. The SMILES string of the molecule is CCCCS(=O)(=O)N1CCCN(C(=O)CCc2cccc(C)c2)CC1. The fourth-order valence-corrected chi connectivity index (χ4v) is 4.83. The van der Waals surface area contributed by atoms with E-state index in [1.807, 2.05) is 36.9 Å². The molecule has 6 heteroatoms. The van der Waals surface area contributed by atoms with Gasteiger partial charge in [0.1, 0.15) is 0 Å². The van der Waals surface area contributed by atoms with Crippen molar-refractivity contribution in [1.29, 1.82) is 0 Å². The summed E-state index contributed by atoms with van der Waals surface area (Å²) in [7, 11) is -3.18. The zero-order valence-corrected chi connectivity index (χ0v) is 16.2. The fraction of sp³-hybridized carbons (Fsp3) is 0.632. The molecule has 1 heterocycles. The van der Waals surface area contributed by atoms with E-state index in [4.69, 9.17) is 0 Å². The standard InChI is InChI=1S/C19H30N2O3S/c1-3-4-15-25(23,24)21-12-6-11-20(13-14-21)19(22)10-9-18-8-5-7-17(2)16-18/h5,7-8,16H,3-4,6,9-15H2,1-2H3. The van der Waals surface area contributed by atoms with Gasteiger partial charge < -0.3 is 4.90 Å². The van der Waals surface area contributed by atoms with E-state index >= 15 is 0 Å². The van der Waals surface area contributed by atoms with E-state index in [1.54, 1.807) is 4.31 Å². The molecule has 140 valence electrons. The Labute approximate surface area is 152 Å². The monoisotopic (exact) mass is 366 g/mol. The molecule has 25 heavy (non-hydrogen) atoms. The second-order valence-corrected chi connectivity index (χ2v) is 8.88. The maximum atomic E-state index is 12.5. The Morgan fingerprint density at radius 2 is 1.96 bits per heavy atom. The average molecular weight is 367 g/mol. The van der Waals surface area contributed by atoms with Crippen molar-refractivity contribution in [2.75, 3.05) is 31.9 Å².